The van der Waals surface area contributed by atoms with E-state index in [1.54, 1.807) is 39.1 Å². The fraction of sp³-hybridized carbons (Fsp3) is 0.600. The number of ether oxygens (including phenoxy) is 1. The summed E-state index contributed by atoms with van der Waals surface area (Å²) in [6.45, 7) is 9.09. The number of carbonyl (C=O) groups is 4. The fourth-order valence-corrected chi connectivity index (χ4v) is 9.10. The lowest BCUT2D eigenvalue weighted by atomic mass is 9.85. The third-order valence-corrected chi connectivity index (χ3v) is 13.5. The standard InChI is InChI=1S/C35H47N7O9S2/c1-6-22-18-35(22,32(45)39-53(49,50)26-15-16-26)37-30(43)28-17-23(42-20-27(38-40-42)21-11-13-25(14-12-21)52(5,47)48)19-41(28)31(44)29(34(2,3)4)36-33(46)51-24-9-7-8-10-24/h6,11-14,20,22-24,26,28-29H,1,7-10,15-19H2,2-5H3,(H,36,46)(H,37,43)(H,39,45)/t22-,23-,28+,29-,35-/m1/s1. The molecule has 6 rings (SSSR count). The second kappa shape index (κ2) is 14.2. The maximum atomic E-state index is 14.5. The van der Waals surface area contributed by atoms with Gasteiger partial charge in [0.1, 0.15) is 29.4 Å². The van der Waals surface area contributed by atoms with Crippen LogP contribution in [0.4, 0.5) is 4.79 Å². The van der Waals surface area contributed by atoms with E-state index in [2.05, 4.69) is 32.2 Å². The highest BCUT2D eigenvalue weighted by atomic mass is 32.2. The number of sulfone groups is 1. The van der Waals surface area contributed by atoms with E-state index < -0.39 is 83.9 Å². The van der Waals surface area contributed by atoms with E-state index in [-0.39, 0.29) is 30.4 Å². The summed E-state index contributed by atoms with van der Waals surface area (Å²) in [4.78, 5) is 56.8. The first-order chi connectivity index (χ1) is 24.8. The largest absolute Gasteiger partial charge is 0.446 e. The molecule has 0 unspecified atom stereocenters. The van der Waals surface area contributed by atoms with Crippen LogP contribution in [0.5, 0.6) is 0 Å². The van der Waals surface area contributed by atoms with Gasteiger partial charge in [0.2, 0.25) is 21.8 Å². The van der Waals surface area contributed by atoms with Crippen LogP contribution in [0, 0.1) is 11.3 Å². The third-order valence-electron chi connectivity index (χ3n) is 10.5. The summed E-state index contributed by atoms with van der Waals surface area (Å²) in [5, 5.41) is 13.4. The van der Waals surface area contributed by atoms with Crippen LogP contribution in [-0.4, -0.2) is 102 Å². The first-order valence-electron chi connectivity index (χ1n) is 17.8. The second-order valence-corrected chi connectivity index (χ2v) is 19.7. The number of hydrogen-bond donors (Lipinski definition) is 3. The van der Waals surface area contributed by atoms with Crippen molar-refractivity contribution in [3.05, 3.63) is 43.1 Å². The predicted octanol–water partition coefficient (Wildman–Crippen LogP) is 2.24. The summed E-state index contributed by atoms with van der Waals surface area (Å²) in [5.41, 5.74) is -1.36. The maximum Gasteiger partial charge on any atom is 0.408 e. The van der Waals surface area contributed by atoms with Crippen molar-refractivity contribution in [3.63, 3.8) is 0 Å². The lowest BCUT2D eigenvalue weighted by molar-refractivity contribution is -0.142. The number of nitrogens with zero attached hydrogens (tertiary/aromatic N) is 4. The van der Waals surface area contributed by atoms with E-state index in [1.165, 1.54) is 27.8 Å². The number of nitrogens with one attached hydrogen (secondary N) is 3. The molecule has 0 bridgehead atoms. The van der Waals surface area contributed by atoms with E-state index in [0.29, 0.717) is 24.1 Å². The van der Waals surface area contributed by atoms with Crippen LogP contribution in [0.15, 0.2) is 48.0 Å². The van der Waals surface area contributed by atoms with Gasteiger partial charge in [-0.15, -0.1) is 11.7 Å². The molecule has 2 aromatic rings. The molecule has 3 aliphatic carbocycles. The average molecular weight is 774 g/mol. The number of carbonyl (C=O) groups excluding carboxylic acids is 4. The molecule has 4 amide bonds. The van der Waals surface area contributed by atoms with Gasteiger partial charge >= 0.3 is 6.09 Å². The molecule has 1 saturated heterocycles. The van der Waals surface area contributed by atoms with Gasteiger partial charge in [0.05, 0.1) is 22.4 Å². The summed E-state index contributed by atoms with van der Waals surface area (Å²) in [6, 6.07) is 3.31. The van der Waals surface area contributed by atoms with Crippen LogP contribution in [-0.2, 0) is 39.0 Å². The molecule has 4 fully saturated rings. The molecule has 53 heavy (non-hydrogen) atoms. The zero-order chi connectivity index (χ0) is 38.5. The monoisotopic (exact) mass is 773 g/mol. The van der Waals surface area contributed by atoms with Crippen LogP contribution in [0.3, 0.4) is 0 Å². The summed E-state index contributed by atoms with van der Waals surface area (Å²) in [7, 11) is -7.32. The number of rotatable bonds is 12. The van der Waals surface area contributed by atoms with E-state index in [0.717, 1.165) is 31.9 Å². The minimum atomic E-state index is -3.91. The predicted molar refractivity (Wildman–Crippen MR) is 192 cm³/mol. The molecule has 0 radical (unpaired) electrons. The smallest absolute Gasteiger partial charge is 0.408 e. The Morgan fingerprint density at radius 3 is 2.26 bits per heavy atom. The molecule has 1 aromatic carbocycles. The van der Waals surface area contributed by atoms with Gasteiger partial charge in [-0.2, -0.15) is 0 Å². The molecule has 3 saturated carbocycles. The summed E-state index contributed by atoms with van der Waals surface area (Å²) in [5.74, 6) is -2.63. The van der Waals surface area contributed by atoms with Gasteiger partial charge in [-0.25, -0.2) is 26.3 Å². The van der Waals surface area contributed by atoms with Gasteiger partial charge in [-0.1, -0.05) is 44.2 Å². The fourth-order valence-electron chi connectivity index (χ4n) is 7.10. The average Bonchev–Trinajstić information content (AvgIpc) is 3.85. The number of aromatic nitrogens is 3. The molecule has 288 valence electrons. The number of amides is 4. The number of sulfonamides is 1. The minimum Gasteiger partial charge on any atom is -0.446 e. The van der Waals surface area contributed by atoms with Crippen molar-refractivity contribution in [2.24, 2.45) is 11.3 Å². The highest BCUT2D eigenvalue weighted by molar-refractivity contribution is 7.91. The lowest BCUT2D eigenvalue weighted by Gasteiger charge is -2.35. The van der Waals surface area contributed by atoms with Crippen molar-refractivity contribution in [2.75, 3.05) is 12.8 Å². The lowest BCUT2D eigenvalue weighted by Crippen LogP contribution is -2.60. The van der Waals surface area contributed by atoms with Crippen LogP contribution >= 0.6 is 0 Å². The van der Waals surface area contributed by atoms with Gasteiger partial charge < -0.3 is 20.3 Å². The number of hydrogen-bond acceptors (Lipinski definition) is 11. The maximum absolute atomic E-state index is 14.5. The first-order valence-corrected chi connectivity index (χ1v) is 21.3. The molecule has 5 atom stereocenters. The Balaban J connectivity index is 1.27. The Morgan fingerprint density at radius 2 is 1.70 bits per heavy atom. The zero-order valence-corrected chi connectivity index (χ0v) is 31.9. The quantitative estimate of drug-likeness (QED) is 0.266. The molecular formula is C35H47N7O9S2. The Labute approximate surface area is 309 Å². The molecule has 1 aliphatic heterocycles. The van der Waals surface area contributed by atoms with Crippen LogP contribution in [0.1, 0.15) is 78.2 Å². The van der Waals surface area contributed by atoms with Crippen molar-refractivity contribution < 1.29 is 40.8 Å². The molecule has 2 heterocycles. The Morgan fingerprint density at radius 1 is 1.04 bits per heavy atom. The first kappa shape index (κ1) is 38.4. The summed E-state index contributed by atoms with van der Waals surface area (Å²) in [6.07, 6.45) is 7.69. The van der Waals surface area contributed by atoms with Crippen molar-refractivity contribution in [2.45, 2.75) is 112 Å². The topological polar surface area (TPSA) is 216 Å². The molecule has 16 nitrogen and oxygen atoms in total. The van der Waals surface area contributed by atoms with Gasteiger partial charge in [0, 0.05) is 30.7 Å². The van der Waals surface area contributed by atoms with Crippen molar-refractivity contribution in [1.29, 1.82) is 0 Å². The van der Waals surface area contributed by atoms with Gasteiger partial charge in [0.15, 0.2) is 9.84 Å². The zero-order valence-electron chi connectivity index (χ0n) is 30.3. The van der Waals surface area contributed by atoms with Crippen molar-refractivity contribution >= 4 is 43.7 Å². The number of benzene rings is 1. The summed E-state index contributed by atoms with van der Waals surface area (Å²) >= 11 is 0. The summed E-state index contributed by atoms with van der Waals surface area (Å²) < 4.78 is 58.5. The molecular weight excluding hydrogens is 727 g/mol. The van der Waals surface area contributed by atoms with Crippen LogP contribution in [0.2, 0.25) is 0 Å². The van der Waals surface area contributed by atoms with Crippen LogP contribution < -0.4 is 15.4 Å². The highest BCUT2D eigenvalue weighted by Gasteiger charge is 2.62. The Kier molecular flexibility index (Phi) is 10.3. The number of alkyl carbamates (subject to hydrolysis) is 1. The van der Waals surface area contributed by atoms with E-state index >= 15 is 0 Å². The van der Waals surface area contributed by atoms with Gasteiger partial charge in [-0.05, 0) is 62.5 Å². The number of likely N-dealkylation sites (tertiary alicyclic amines) is 1. The molecule has 3 N–H and O–H groups in total. The van der Waals surface area contributed by atoms with Gasteiger partial charge in [0.25, 0.3) is 5.91 Å². The highest BCUT2D eigenvalue weighted by Crippen LogP contribution is 2.46. The second-order valence-electron chi connectivity index (χ2n) is 15.7. The molecule has 18 heteroatoms. The SMILES string of the molecule is C=C[C@@H]1C[C@]1(NC(=O)[C@@H]1C[C@@H](n2cc(-c3ccc(S(C)(=O)=O)cc3)nn2)CN1C(=O)[C@@H](NC(=O)OC1CCCC1)C(C)(C)C)C(=O)NS(=O)(=O)C1CC1. The van der Waals surface area contributed by atoms with E-state index in [9.17, 15) is 36.0 Å². The Hall–Kier alpha value is -4.32. The van der Waals surface area contributed by atoms with Crippen LogP contribution in [0.25, 0.3) is 11.3 Å². The molecule has 1 aromatic heterocycles. The van der Waals surface area contributed by atoms with Crippen molar-refractivity contribution in [1.82, 2.24) is 35.2 Å². The van der Waals surface area contributed by atoms with E-state index in [1.807, 2.05) is 0 Å². The van der Waals surface area contributed by atoms with Crippen molar-refractivity contribution in [3.8, 4) is 11.3 Å². The third kappa shape index (κ3) is 8.27. The minimum absolute atomic E-state index is 0.0151. The normalized spacial score (nSPS) is 25.4. The van der Waals surface area contributed by atoms with Gasteiger partial charge in [-0.3, -0.25) is 19.1 Å². The Bertz CT molecular complexity index is 2000. The van der Waals surface area contributed by atoms with E-state index in [4.69, 9.17) is 4.74 Å². The molecule has 0 spiro atoms. The molecule has 4 aliphatic rings.